The van der Waals surface area contributed by atoms with Gasteiger partial charge in [0, 0.05) is 17.4 Å². The highest BCUT2D eigenvalue weighted by Gasteiger charge is 2.05. The van der Waals surface area contributed by atoms with Crippen molar-refractivity contribution < 1.29 is 4.79 Å². The molecule has 0 bridgehead atoms. The number of hydrogen-bond donors (Lipinski definition) is 2. The number of amides is 1. The first-order valence-corrected chi connectivity index (χ1v) is 7.54. The molecule has 0 spiro atoms. The van der Waals surface area contributed by atoms with E-state index in [4.69, 9.17) is 5.73 Å². The van der Waals surface area contributed by atoms with Gasteiger partial charge in [-0.2, -0.15) is 0 Å². The van der Waals surface area contributed by atoms with Gasteiger partial charge in [0.2, 0.25) is 5.91 Å². The maximum atomic E-state index is 11.6. The average molecular weight is 327 g/mol. The fraction of sp³-hybridized carbons (Fsp3) is 0.533. The summed E-state index contributed by atoms with van der Waals surface area (Å²) in [7, 11) is 0. The van der Waals surface area contributed by atoms with Crippen molar-refractivity contribution in [3.63, 3.8) is 0 Å². The number of aryl methyl sites for hydroxylation is 2. The van der Waals surface area contributed by atoms with Crippen LogP contribution in [-0.2, 0) is 11.2 Å². The van der Waals surface area contributed by atoms with Gasteiger partial charge in [0.05, 0.1) is 0 Å². The summed E-state index contributed by atoms with van der Waals surface area (Å²) in [5.41, 5.74) is 8.09. The molecular weight excluding hydrogens is 304 g/mol. The van der Waals surface area contributed by atoms with Crippen LogP contribution in [0.1, 0.15) is 30.9 Å². The van der Waals surface area contributed by atoms with Crippen LogP contribution in [0.2, 0.25) is 0 Å². The largest absolute Gasteiger partial charge is 0.356 e. The van der Waals surface area contributed by atoms with Crippen molar-refractivity contribution in [3.8, 4) is 0 Å². The Kier molecular flexibility index (Phi) is 7.10. The minimum absolute atomic E-state index is 0.118. The van der Waals surface area contributed by atoms with Crippen LogP contribution in [0.5, 0.6) is 0 Å². The summed E-state index contributed by atoms with van der Waals surface area (Å²) in [4.78, 5) is 11.6. The molecule has 0 radical (unpaired) electrons. The number of carbonyl (C=O) groups excluding carboxylic acids is 1. The lowest BCUT2D eigenvalue weighted by atomic mass is 10.0. The molecule has 106 valence electrons. The number of benzene rings is 1. The Morgan fingerprint density at radius 1 is 1.47 bits per heavy atom. The Balaban J connectivity index is 2.30. The maximum absolute atomic E-state index is 11.6. The van der Waals surface area contributed by atoms with Crippen LogP contribution < -0.4 is 11.1 Å². The second-order valence-electron chi connectivity index (χ2n) is 5.07. The molecule has 0 heterocycles. The number of halogens is 1. The van der Waals surface area contributed by atoms with E-state index in [2.05, 4.69) is 40.3 Å². The van der Waals surface area contributed by atoms with Crippen LogP contribution in [0.4, 0.5) is 0 Å². The van der Waals surface area contributed by atoms with E-state index in [-0.39, 0.29) is 5.91 Å². The quantitative estimate of drug-likeness (QED) is 0.809. The average Bonchev–Trinajstić information content (AvgIpc) is 2.40. The van der Waals surface area contributed by atoms with Crippen LogP contribution in [-0.4, -0.2) is 19.0 Å². The minimum atomic E-state index is 0.118. The van der Waals surface area contributed by atoms with Gasteiger partial charge in [-0.1, -0.05) is 28.9 Å². The molecule has 0 fully saturated rings. The van der Waals surface area contributed by atoms with Crippen molar-refractivity contribution in [1.29, 1.82) is 0 Å². The van der Waals surface area contributed by atoms with Crippen molar-refractivity contribution in [3.05, 3.63) is 33.8 Å². The molecule has 0 saturated carbocycles. The predicted molar refractivity (Wildman–Crippen MR) is 83.0 cm³/mol. The number of nitrogens with two attached hydrogens (primary N) is 1. The molecule has 1 aromatic carbocycles. The van der Waals surface area contributed by atoms with E-state index in [1.807, 2.05) is 13.0 Å². The van der Waals surface area contributed by atoms with E-state index in [0.717, 1.165) is 17.3 Å². The molecule has 1 unspecified atom stereocenters. The first kappa shape index (κ1) is 16.2. The molecule has 3 nitrogen and oxygen atoms in total. The fourth-order valence-electron chi connectivity index (χ4n) is 1.81. The standard InChI is InChI=1S/C15H23BrN2O/c1-11(9-17)10-18-15(19)5-3-4-13-8-14(16)7-6-12(13)2/h6-8,11H,3-5,9-10,17H2,1-2H3,(H,18,19). The van der Waals surface area contributed by atoms with Crippen LogP contribution in [0.15, 0.2) is 22.7 Å². The highest BCUT2D eigenvalue weighted by atomic mass is 79.9. The maximum Gasteiger partial charge on any atom is 0.220 e. The zero-order valence-corrected chi connectivity index (χ0v) is 13.3. The monoisotopic (exact) mass is 326 g/mol. The van der Waals surface area contributed by atoms with E-state index in [0.29, 0.717) is 25.4 Å². The second kappa shape index (κ2) is 8.33. The molecule has 4 heteroatoms. The molecule has 1 amide bonds. The molecule has 1 aromatic rings. The lowest BCUT2D eigenvalue weighted by Gasteiger charge is -2.10. The Morgan fingerprint density at radius 2 is 2.21 bits per heavy atom. The van der Waals surface area contributed by atoms with Crippen molar-refractivity contribution in [1.82, 2.24) is 5.32 Å². The molecule has 3 N–H and O–H groups in total. The summed E-state index contributed by atoms with van der Waals surface area (Å²) < 4.78 is 1.09. The van der Waals surface area contributed by atoms with Crippen molar-refractivity contribution in [2.75, 3.05) is 13.1 Å². The van der Waals surface area contributed by atoms with Gasteiger partial charge in [-0.3, -0.25) is 4.79 Å². The van der Waals surface area contributed by atoms with Gasteiger partial charge < -0.3 is 11.1 Å². The lowest BCUT2D eigenvalue weighted by Crippen LogP contribution is -2.31. The molecule has 19 heavy (non-hydrogen) atoms. The summed E-state index contributed by atoms with van der Waals surface area (Å²) >= 11 is 3.47. The van der Waals surface area contributed by atoms with Crippen LogP contribution in [0.25, 0.3) is 0 Å². The Labute approximate surface area is 124 Å². The van der Waals surface area contributed by atoms with Crippen LogP contribution in [0.3, 0.4) is 0 Å². The van der Waals surface area contributed by atoms with Crippen LogP contribution in [0, 0.1) is 12.8 Å². The van der Waals surface area contributed by atoms with E-state index in [1.165, 1.54) is 11.1 Å². The number of rotatable bonds is 7. The Hall–Kier alpha value is -0.870. The van der Waals surface area contributed by atoms with Crippen LogP contribution >= 0.6 is 15.9 Å². The van der Waals surface area contributed by atoms with Crippen molar-refractivity contribution >= 4 is 21.8 Å². The van der Waals surface area contributed by atoms with Gasteiger partial charge in [-0.15, -0.1) is 0 Å². The van der Waals surface area contributed by atoms with Gasteiger partial charge in [0.25, 0.3) is 0 Å². The topological polar surface area (TPSA) is 55.1 Å². The third-order valence-corrected chi connectivity index (χ3v) is 3.70. The molecule has 0 saturated heterocycles. The van der Waals surface area contributed by atoms with Gasteiger partial charge in [-0.05, 0) is 55.5 Å². The van der Waals surface area contributed by atoms with E-state index in [9.17, 15) is 4.79 Å². The fourth-order valence-corrected chi connectivity index (χ4v) is 2.22. The summed E-state index contributed by atoms with van der Waals surface area (Å²) in [6.07, 6.45) is 2.38. The number of carbonyl (C=O) groups is 1. The van der Waals surface area contributed by atoms with E-state index < -0.39 is 0 Å². The van der Waals surface area contributed by atoms with E-state index >= 15 is 0 Å². The third kappa shape index (κ3) is 6.21. The summed E-state index contributed by atoms with van der Waals surface area (Å²) in [6, 6.07) is 6.27. The number of nitrogens with one attached hydrogen (secondary N) is 1. The van der Waals surface area contributed by atoms with Gasteiger partial charge >= 0.3 is 0 Å². The van der Waals surface area contributed by atoms with Crippen molar-refractivity contribution in [2.45, 2.75) is 33.1 Å². The Morgan fingerprint density at radius 3 is 2.89 bits per heavy atom. The highest BCUT2D eigenvalue weighted by molar-refractivity contribution is 9.10. The zero-order valence-electron chi connectivity index (χ0n) is 11.7. The SMILES string of the molecule is Cc1ccc(Br)cc1CCCC(=O)NCC(C)CN. The van der Waals surface area contributed by atoms with E-state index in [1.54, 1.807) is 0 Å². The third-order valence-electron chi connectivity index (χ3n) is 3.21. The smallest absolute Gasteiger partial charge is 0.220 e. The zero-order chi connectivity index (χ0) is 14.3. The molecule has 0 aliphatic carbocycles. The molecule has 0 aromatic heterocycles. The second-order valence-corrected chi connectivity index (χ2v) is 5.98. The summed E-state index contributed by atoms with van der Waals surface area (Å²) in [6.45, 7) is 5.42. The number of hydrogen-bond acceptors (Lipinski definition) is 2. The first-order chi connectivity index (χ1) is 9.02. The van der Waals surface area contributed by atoms with Gasteiger partial charge in [0.15, 0.2) is 0 Å². The highest BCUT2D eigenvalue weighted by Crippen LogP contribution is 2.17. The molecule has 1 rings (SSSR count). The molecular formula is C15H23BrN2O. The molecule has 1 atom stereocenters. The van der Waals surface area contributed by atoms with Gasteiger partial charge in [-0.25, -0.2) is 0 Å². The predicted octanol–water partition coefficient (Wildman–Crippen LogP) is 2.79. The minimum Gasteiger partial charge on any atom is -0.356 e. The lowest BCUT2D eigenvalue weighted by molar-refractivity contribution is -0.121. The van der Waals surface area contributed by atoms with Crippen molar-refractivity contribution in [2.24, 2.45) is 11.7 Å². The first-order valence-electron chi connectivity index (χ1n) is 6.74. The summed E-state index contributed by atoms with van der Waals surface area (Å²) in [5, 5.41) is 2.92. The Bertz CT molecular complexity index is 421. The molecule has 0 aliphatic rings. The van der Waals surface area contributed by atoms with Gasteiger partial charge in [0.1, 0.15) is 0 Å². The molecule has 0 aliphatic heterocycles. The summed E-state index contributed by atoms with van der Waals surface area (Å²) in [5.74, 6) is 0.462. The normalized spacial score (nSPS) is 12.2.